The number of phenols is 1. The van der Waals surface area contributed by atoms with Crippen molar-refractivity contribution < 1.29 is 9.90 Å². The topological polar surface area (TPSA) is 87.5 Å². The normalized spacial score (nSPS) is 11.1. The van der Waals surface area contributed by atoms with Crippen LogP contribution in [0.2, 0.25) is 0 Å². The summed E-state index contributed by atoms with van der Waals surface area (Å²) in [5.74, 6) is -0.476. The second-order valence-corrected chi connectivity index (χ2v) is 7.61. The molecule has 4 aromatic carbocycles. The van der Waals surface area contributed by atoms with Gasteiger partial charge in [-0.05, 0) is 22.9 Å². The van der Waals surface area contributed by atoms with E-state index in [0.29, 0.717) is 17.0 Å². The van der Waals surface area contributed by atoms with Gasteiger partial charge in [0.05, 0.1) is 17.6 Å². The number of nitrogens with zero attached hydrogens (tertiary/aromatic N) is 3. The van der Waals surface area contributed by atoms with Crippen molar-refractivity contribution in [3.63, 3.8) is 0 Å². The molecule has 0 fully saturated rings. The first-order valence-corrected chi connectivity index (χ1v) is 10.7. The van der Waals surface area contributed by atoms with Gasteiger partial charge in [0.2, 0.25) is 5.82 Å². The lowest BCUT2D eigenvalue weighted by atomic mass is 10.0. The summed E-state index contributed by atoms with van der Waals surface area (Å²) in [4.78, 5) is 21.9. The minimum atomic E-state index is -0.550. The van der Waals surface area contributed by atoms with Gasteiger partial charge in [-0.1, -0.05) is 91.0 Å². The standard InChI is InChI=1S/C28H20N4O2/c33-26-16-15-19-9-7-8-14-22(19)23(26)18-29-32-28(34)27-30-24(20-10-3-1-4-11-20)17-25(31-27)21-12-5-2-6-13-21/h1-18,33H,(H,32,34). The van der Waals surface area contributed by atoms with Crippen LogP contribution in [-0.4, -0.2) is 27.2 Å². The van der Waals surface area contributed by atoms with Crippen LogP contribution in [0, 0.1) is 0 Å². The van der Waals surface area contributed by atoms with Gasteiger partial charge in [0, 0.05) is 16.7 Å². The molecule has 0 spiro atoms. The van der Waals surface area contributed by atoms with Crippen LogP contribution in [-0.2, 0) is 0 Å². The maximum atomic E-state index is 12.9. The third-order valence-corrected chi connectivity index (χ3v) is 5.38. The zero-order chi connectivity index (χ0) is 23.3. The van der Waals surface area contributed by atoms with Crippen LogP contribution in [0.15, 0.2) is 108 Å². The number of hydrogen-bond acceptors (Lipinski definition) is 5. The predicted molar refractivity (Wildman–Crippen MR) is 134 cm³/mol. The Morgan fingerprint density at radius 1 is 0.765 bits per heavy atom. The summed E-state index contributed by atoms with van der Waals surface area (Å²) in [7, 11) is 0. The van der Waals surface area contributed by atoms with Crippen molar-refractivity contribution in [2.24, 2.45) is 5.10 Å². The van der Waals surface area contributed by atoms with Crippen LogP contribution in [0.1, 0.15) is 16.2 Å². The highest BCUT2D eigenvalue weighted by molar-refractivity contribution is 6.03. The Labute approximate surface area is 196 Å². The molecular weight excluding hydrogens is 424 g/mol. The molecular formula is C28H20N4O2. The third kappa shape index (κ3) is 4.38. The van der Waals surface area contributed by atoms with Crippen molar-refractivity contribution >= 4 is 22.9 Å². The van der Waals surface area contributed by atoms with Gasteiger partial charge in [-0.2, -0.15) is 5.10 Å². The van der Waals surface area contributed by atoms with E-state index in [1.807, 2.05) is 97.1 Å². The van der Waals surface area contributed by atoms with Crippen molar-refractivity contribution in [3.8, 4) is 28.3 Å². The Morgan fingerprint density at radius 2 is 1.35 bits per heavy atom. The molecule has 1 heterocycles. The molecule has 1 aromatic heterocycles. The molecule has 6 heteroatoms. The molecule has 5 rings (SSSR count). The predicted octanol–water partition coefficient (Wildman–Crippen LogP) is 5.43. The van der Waals surface area contributed by atoms with E-state index in [0.717, 1.165) is 21.9 Å². The highest BCUT2D eigenvalue weighted by Crippen LogP contribution is 2.26. The van der Waals surface area contributed by atoms with Crippen LogP contribution >= 0.6 is 0 Å². The van der Waals surface area contributed by atoms with Crippen LogP contribution in [0.3, 0.4) is 0 Å². The summed E-state index contributed by atoms with van der Waals surface area (Å²) in [6, 6.07) is 32.2. The Hall–Kier alpha value is -4.84. The molecule has 34 heavy (non-hydrogen) atoms. The fourth-order valence-corrected chi connectivity index (χ4v) is 3.69. The molecule has 0 unspecified atom stereocenters. The lowest BCUT2D eigenvalue weighted by Crippen LogP contribution is -2.21. The molecule has 0 aliphatic heterocycles. The van der Waals surface area contributed by atoms with E-state index in [2.05, 4.69) is 20.5 Å². The molecule has 0 aliphatic rings. The number of rotatable bonds is 5. The van der Waals surface area contributed by atoms with Crippen LogP contribution < -0.4 is 5.43 Å². The van der Waals surface area contributed by atoms with Gasteiger partial charge in [-0.3, -0.25) is 4.79 Å². The summed E-state index contributed by atoms with van der Waals surface area (Å²) < 4.78 is 0. The second-order valence-electron chi connectivity index (χ2n) is 7.61. The summed E-state index contributed by atoms with van der Waals surface area (Å²) >= 11 is 0. The maximum Gasteiger partial charge on any atom is 0.309 e. The fraction of sp³-hybridized carbons (Fsp3) is 0. The molecule has 6 nitrogen and oxygen atoms in total. The van der Waals surface area contributed by atoms with Crippen molar-refractivity contribution in [2.75, 3.05) is 0 Å². The van der Waals surface area contributed by atoms with Crippen molar-refractivity contribution in [3.05, 3.63) is 115 Å². The average Bonchev–Trinajstić information content (AvgIpc) is 2.90. The largest absolute Gasteiger partial charge is 0.507 e. The van der Waals surface area contributed by atoms with Gasteiger partial charge < -0.3 is 5.11 Å². The second kappa shape index (κ2) is 9.34. The maximum absolute atomic E-state index is 12.9. The number of amides is 1. The van der Waals surface area contributed by atoms with Crippen molar-refractivity contribution in [1.29, 1.82) is 0 Å². The van der Waals surface area contributed by atoms with Gasteiger partial charge in [0.25, 0.3) is 0 Å². The molecule has 0 saturated carbocycles. The quantitative estimate of drug-likeness (QED) is 0.279. The van der Waals surface area contributed by atoms with Crippen LogP contribution in [0.25, 0.3) is 33.3 Å². The molecule has 0 saturated heterocycles. The van der Waals surface area contributed by atoms with E-state index in [-0.39, 0.29) is 11.6 Å². The Kier molecular flexibility index (Phi) is 5.78. The summed E-state index contributed by atoms with van der Waals surface area (Å²) in [6.45, 7) is 0. The zero-order valence-corrected chi connectivity index (χ0v) is 18.1. The molecule has 0 bridgehead atoms. The van der Waals surface area contributed by atoms with Gasteiger partial charge in [0.1, 0.15) is 5.75 Å². The van der Waals surface area contributed by atoms with Gasteiger partial charge in [-0.15, -0.1) is 0 Å². The highest BCUT2D eigenvalue weighted by Gasteiger charge is 2.14. The van der Waals surface area contributed by atoms with Crippen LogP contribution in [0.4, 0.5) is 0 Å². The number of benzene rings is 4. The molecule has 0 atom stereocenters. The number of hydrazone groups is 1. The van der Waals surface area contributed by atoms with Gasteiger partial charge in [0.15, 0.2) is 0 Å². The highest BCUT2D eigenvalue weighted by atomic mass is 16.3. The molecule has 164 valence electrons. The molecule has 0 radical (unpaired) electrons. The summed E-state index contributed by atoms with van der Waals surface area (Å²) in [5.41, 5.74) is 6.03. The number of phenolic OH excluding ortho intramolecular Hbond substituents is 1. The molecule has 2 N–H and O–H groups in total. The number of aromatic hydroxyl groups is 1. The van der Waals surface area contributed by atoms with E-state index in [1.54, 1.807) is 6.07 Å². The lowest BCUT2D eigenvalue weighted by Gasteiger charge is -2.08. The monoisotopic (exact) mass is 444 g/mol. The smallest absolute Gasteiger partial charge is 0.309 e. The summed E-state index contributed by atoms with van der Waals surface area (Å²) in [5, 5.41) is 16.1. The van der Waals surface area contributed by atoms with E-state index in [4.69, 9.17) is 0 Å². The van der Waals surface area contributed by atoms with E-state index in [9.17, 15) is 9.90 Å². The Balaban J connectivity index is 1.48. The van der Waals surface area contributed by atoms with Crippen molar-refractivity contribution in [2.45, 2.75) is 0 Å². The Bertz CT molecular complexity index is 1440. The minimum Gasteiger partial charge on any atom is -0.507 e. The molecule has 1 amide bonds. The first-order valence-electron chi connectivity index (χ1n) is 10.7. The van der Waals surface area contributed by atoms with E-state index in [1.165, 1.54) is 6.21 Å². The van der Waals surface area contributed by atoms with E-state index < -0.39 is 5.91 Å². The lowest BCUT2D eigenvalue weighted by molar-refractivity contribution is 0.0945. The molecule has 0 aliphatic carbocycles. The first-order chi connectivity index (χ1) is 16.7. The summed E-state index contributed by atoms with van der Waals surface area (Å²) in [6.07, 6.45) is 1.43. The SMILES string of the molecule is O=C(NN=Cc1c(O)ccc2ccccc12)c1nc(-c2ccccc2)cc(-c2ccccc2)n1. The third-order valence-electron chi connectivity index (χ3n) is 5.38. The molecule has 5 aromatic rings. The number of fused-ring (bicyclic) bond motifs is 1. The van der Waals surface area contributed by atoms with Crippen LogP contribution in [0.5, 0.6) is 5.75 Å². The number of carbonyl (C=O) groups is 1. The van der Waals surface area contributed by atoms with Gasteiger partial charge in [-0.25, -0.2) is 15.4 Å². The average molecular weight is 444 g/mol. The Morgan fingerprint density at radius 3 is 2.00 bits per heavy atom. The number of hydrogen-bond donors (Lipinski definition) is 2. The number of aromatic nitrogens is 2. The zero-order valence-electron chi connectivity index (χ0n) is 18.1. The van der Waals surface area contributed by atoms with E-state index >= 15 is 0 Å². The first kappa shape index (κ1) is 21.0. The van der Waals surface area contributed by atoms with Crippen molar-refractivity contribution in [1.82, 2.24) is 15.4 Å². The number of carbonyl (C=O) groups excluding carboxylic acids is 1. The fourth-order valence-electron chi connectivity index (χ4n) is 3.69. The minimum absolute atomic E-state index is 0.000465. The number of nitrogens with one attached hydrogen (secondary N) is 1. The van der Waals surface area contributed by atoms with Gasteiger partial charge >= 0.3 is 5.91 Å².